The van der Waals surface area contributed by atoms with Crippen molar-refractivity contribution < 1.29 is 19.8 Å². The van der Waals surface area contributed by atoms with Crippen LogP contribution in [0.2, 0.25) is 0 Å². The molecule has 1 fully saturated rings. The fraction of sp³-hybridized carbons (Fsp3) is 0.810. The maximum Gasteiger partial charge on any atom is 0.303 e. The third-order valence-electron chi connectivity index (χ3n) is 5.30. The van der Waals surface area contributed by atoms with E-state index in [1.54, 1.807) is 0 Å². The Hall–Kier alpha value is -1.16. The van der Waals surface area contributed by atoms with Crippen LogP contribution in [0.1, 0.15) is 90.9 Å². The zero-order valence-corrected chi connectivity index (χ0v) is 16.0. The van der Waals surface area contributed by atoms with E-state index < -0.39 is 11.6 Å². The van der Waals surface area contributed by atoms with Crippen LogP contribution in [0.25, 0.3) is 0 Å². The second kappa shape index (κ2) is 11.5. The second-order valence-electron chi connectivity index (χ2n) is 7.80. The molecule has 0 spiro atoms. The lowest BCUT2D eigenvalue weighted by Crippen LogP contribution is -2.21. The first-order chi connectivity index (χ1) is 11.9. The highest BCUT2D eigenvalue weighted by molar-refractivity contribution is 5.83. The predicted octanol–water partition coefficient (Wildman–Crippen LogP) is 4.89. The van der Waals surface area contributed by atoms with E-state index in [0.29, 0.717) is 12.2 Å². The van der Waals surface area contributed by atoms with Gasteiger partial charge < -0.3 is 10.2 Å². The van der Waals surface area contributed by atoms with Crippen molar-refractivity contribution in [2.45, 2.75) is 96.5 Å². The van der Waals surface area contributed by atoms with Gasteiger partial charge in [-0.25, -0.2) is 0 Å². The lowest BCUT2D eigenvalue weighted by molar-refractivity contribution is -0.137. The fourth-order valence-corrected chi connectivity index (χ4v) is 3.68. The fourth-order valence-electron chi connectivity index (χ4n) is 3.68. The van der Waals surface area contributed by atoms with E-state index >= 15 is 0 Å². The number of ketones is 1. The van der Waals surface area contributed by atoms with Gasteiger partial charge in [-0.3, -0.25) is 9.59 Å². The number of carboxylic acids is 1. The average molecular weight is 353 g/mol. The van der Waals surface area contributed by atoms with Crippen molar-refractivity contribution in [1.82, 2.24) is 0 Å². The predicted molar refractivity (Wildman–Crippen MR) is 100 cm³/mol. The van der Waals surface area contributed by atoms with Crippen LogP contribution in [-0.2, 0) is 9.59 Å². The lowest BCUT2D eigenvalue weighted by atomic mass is 9.87. The first-order valence-electron chi connectivity index (χ1n) is 10.0. The van der Waals surface area contributed by atoms with Gasteiger partial charge >= 0.3 is 5.97 Å². The summed E-state index contributed by atoms with van der Waals surface area (Å²) in [5.74, 6) is -0.0423. The number of hydrogen-bond donors (Lipinski definition) is 2. The molecule has 0 unspecified atom stereocenters. The van der Waals surface area contributed by atoms with Gasteiger partial charge in [-0.05, 0) is 38.5 Å². The highest BCUT2D eigenvalue weighted by Crippen LogP contribution is 2.34. The standard InChI is InChI=1S/C21H36O4/c1-3-4-9-15-21(2,25)16-14-17-12-13-19(22)18(17)10-7-5-6-8-11-20(23)24/h14,16-18,25H,3-13,15H2,1-2H3,(H,23,24)/b16-14+/t17-,18-,21-/m1/s1. The van der Waals surface area contributed by atoms with Crippen molar-refractivity contribution in [3.05, 3.63) is 12.2 Å². The van der Waals surface area contributed by atoms with Crippen LogP contribution < -0.4 is 0 Å². The molecule has 1 aliphatic rings. The Morgan fingerprint density at radius 2 is 1.92 bits per heavy atom. The molecular weight excluding hydrogens is 316 g/mol. The smallest absolute Gasteiger partial charge is 0.303 e. The van der Waals surface area contributed by atoms with Crippen molar-refractivity contribution in [2.75, 3.05) is 0 Å². The zero-order chi connectivity index (χ0) is 18.7. The summed E-state index contributed by atoms with van der Waals surface area (Å²) < 4.78 is 0. The van der Waals surface area contributed by atoms with Gasteiger partial charge in [-0.1, -0.05) is 57.6 Å². The minimum absolute atomic E-state index is 0.0853. The number of allylic oxidation sites excluding steroid dienone is 1. The monoisotopic (exact) mass is 352 g/mol. The number of Topliss-reactive ketones (excluding diaryl/α,β-unsaturated/α-hetero) is 1. The molecule has 144 valence electrons. The van der Waals surface area contributed by atoms with Gasteiger partial charge in [0.1, 0.15) is 5.78 Å². The Morgan fingerprint density at radius 3 is 2.60 bits per heavy atom. The minimum atomic E-state index is -0.776. The average Bonchev–Trinajstić information content (AvgIpc) is 2.89. The molecule has 0 aromatic heterocycles. The van der Waals surface area contributed by atoms with Crippen molar-refractivity contribution in [1.29, 1.82) is 0 Å². The zero-order valence-electron chi connectivity index (χ0n) is 16.0. The molecule has 0 bridgehead atoms. The number of aliphatic hydroxyl groups is 1. The molecule has 0 heterocycles. The molecule has 2 N–H and O–H groups in total. The van der Waals surface area contributed by atoms with E-state index in [-0.39, 0.29) is 18.3 Å². The Labute approximate surface area is 152 Å². The van der Waals surface area contributed by atoms with Crippen molar-refractivity contribution >= 4 is 11.8 Å². The van der Waals surface area contributed by atoms with Crippen LogP contribution in [-0.4, -0.2) is 27.6 Å². The number of carbonyl (C=O) groups excluding carboxylic acids is 1. The van der Waals surface area contributed by atoms with E-state index in [1.165, 1.54) is 0 Å². The van der Waals surface area contributed by atoms with Gasteiger partial charge in [0.15, 0.2) is 0 Å². The first kappa shape index (κ1) is 21.9. The molecule has 0 aliphatic heterocycles. The molecular formula is C21H36O4. The van der Waals surface area contributed by atoms with E-state index in [9.17, 15) is 14.7 Å². The first-order valence-corrected chi connectivity index (χ1v) is 10.0. The van der Waals surface area contributed by atoms with E-state index in [2.05, 4.69) is 13.0 Å². The van der Waals surface area contributed by atoms with Gasteiger partial charge in [0, 0.05) is 18.8 Å². The summed E-state index contributed by atoms with van der Waals surface area (Å²) in [5, 5.41) is 19.1. The van der Waals surface area contributed by atoms with Crippen molar-refractivity contribution in [3.8, 4) is 0 Å². The Balaban J connectivity index is 2.38. The maximum atomic E-state index is 12.2. The number of rotatable bonds is 13. The van der Waals surface area contributed by atoms with Crippen LogP contribution in [0.4, 0.5) is 0 Å². The lowest BCUT2D eigenvalue weighted by Gasteiger charge is -2.21. The minimum Gasteiger partial charge on any atom is -0.481 e. The highest BCUT2D eigenvalue weighted by Gasteiger charge is 2.32. The van der Waals surface area contributed by atoms with E-state index in [0.717, 1.165) is 64.2 Å². The molecule has 3 atom stereocenters. The molecule has 0 saturated heterocycles. The second-order valence-corrected chi connectivity index (χ2v) is 7.80. The molecule has 0 radical (unpaired) electrons. The van der Waals surface area contributed by atoms with Gasteiger partial charge in [0.25, 0.3) is 0 Å². The van der Waals surface area contributed by atoms with Crippen molar-refractivity contribution in [3.63, 3.8) is 0 Å². The topological polar surface area (TPSA) is 74.6 Å². The number of unbranched alkanes of at least 4 members (excludes halogenated alkanes) is 5. The van der Waals surface area contributed by atoms with Gasteiger partial charge in [0.2, 0.25) is 0 Å². The number of hydrogen-bond acceptors (Lipinski definition) is 3. The molecule has 0 aromatic carbocycles. The van der Waals surface area contributed by atoms with Crippen LogP contribution in [0.5, 0.6) is 0 Å². The van der Waals surface area contributed by atoms with Crippen LogP contribution in [0, 0.1) is 11.8 Å². The quantitative estimate of drug-likeness (QED) is 0.365. The number of carbonyl (C=O) groups is 2. The van der Waals surface area contributed by atoms with Crippen LogP contribution >= 0.6 is 0 Å². The maximum absolute atomic E-state index is 12.2. The summed E-state index contributed by atoms with van der Waals surface area (Å²) >= 11 is 0. The summed E-state index contributed by atoms with van der Waals surface area (Å²) in [6.45, 7) is 4.01. The van der Waals surface area contributed by atoms with Gasteiger partial charge in [0.05, 0.1) is 5.60 Å². The van der Waals surface area contributed by atoms with Crippen LogP contribution in [0.15, 0.2) is 12.2 Å². The molecule has 0 amide bonds. The molecule has 1 rings (SSSR count). The van der Waals surface area contributed by atoms with Gasteiger partial charge in [-0.15, -0.1) is 0 Å². The number of carboxylic acid groups (broad SMARTS) is 1. The summed E-state index contributed by atoms with van der Waals surface area (Å²) in [4.78, 5) is 22.6. The summed E-state index contributed by atoms with van der Waals surface area (Å²) in [7, 11) is 0. The molecule has 1 saturated carbocycles. The number of aliphatic carboxylic acids is 1. The molecule has 25 heavy (non-hydrogen) atoms. The molecule has 1 aliphatic carbocycles. The SMILES string of the molecule is CCCCC[C@@](C)(O)/C=C/[C@H]1CCC(=O)[C@@H]1CCCCCCC(=O)O. The highest BCUT2D eigenvalue weighted by atomic mass is 16.4. The largest absolute Gasteiger partial charge is 0.481 e. The van der Waals surface area contributed by atoms with Gasteiger partial charge in [-0.2, -0.15) is 0 Å². The summed E-state index contributed by atoms with van der Waals surface area (Å²) in [6.07, 6.45) is 14.3. The van der Waals surface area contributed by atoms with Crippen molar-refractivity contribution in [2.24, 2.45) is 11.8 Å². The Morgan fingerprint density at radius 1 is 1.20 bits per heavy atom. The molecule has 4 nitrogen and oxygen atoms in total. The summed E-state index contributed by atoms with van der Waals surface area (Å²) in [5.41, 5.74) is -0.776. The normalized spacial score (nSPS) is 23.2. The Kier molecular flexibility index (Phi) is 10.0. The van der Waals surface area contributed by atoms with E-state index in [4.69, 9.17) is 5.11 Å². The molecule has 0 aromatic rings. The third-order valence-corrected chi connectivity index (χ3v) is 5.30. The van der Waals surface area contributed by atoms with E-state index in [1.807, 2.05) is 13.0 Å². The third kappa shape index (κ3) is 9.20. The Bertz CT molecular complexity index is 439. The summed E-state index contributed by atoms with van der Waals surface area (Å²) in [6, 6.07) is 0. The molecule has 4 heteroatoms. The van der Waals surface area contributed by atoms with Crippen LogP contribution in [0.3, 0.4) is 0 Å².